The van der Waals surface area contributed by atoms with E-state index >= 15 is 0 Å². The summed E-state index contributed by atoms with van der Waals surface area (Å²) in [7, 11) is 0. The van der Waals surface area contributed by atoms with Crippen LogP contribution in [-0.2, 0) is 4.79 Å². The molecule has 1 unspecified atom stereocenters. The van der Waals surface area contributed by atoms with Crippen LogP contribution in [0.2, 0.25) is 0 Å². The van der Waals surface area contributed by atoms with Crippen molar-refractivity contribution in [3.05, 3.63) is 65.5 Å². The average molecular weight is 316 g/mol. The molecule has 0 aliphatic heterocycles. The molecule has 0 fully saturated rings. The zero-order valence-corrected chi connectivity index (χ0v) is 13.2. The van der Waals surface area contributed by atoms with Gasteiger partial charge in [0.1, 0.15) is 11.6 Å². The lowest BCUT2D eigenvalue weighted by molar-refractivity contribution is -0.139. The van der Waals surface area contributed by atoms with Gasteiger partial charge in [-0.05, 0) is 43.9 Å². The van der Waals surface area contributed by atoms with Gasteiger partial charge in [-0.2, -0.15) is 0 Å². The van der Waals surface area contributed by atoms with Gasteiger partial charge in [0.05, 0.1) is 12.5 Å². The molecule has 2 aromatic rings. The summed E-state index contributed by atoms with van der Waals surface area (Å²) >= 11 is 0. The van der Waals surface area contributed by atoms with E-state index in [2.05, 4.69) is 0 Å². The Morgan fingerprint density at radius 2 is 1.83 bits per heavy atom. The van der Waals surface area contributed by atoms with Crippen molar-refractivity contribution >= 4 is 5.97 Å². The van der Waals surface area contributed by atoms with Crippen LogP contribution in [0.15, 0.2) is 48.5 Å². The molecule has 0 radical (unpaired) electrons. The highest BCUT2D eigenvalue weighted by Crippen LogP contribution is 2.25. The largest absolute Gasteiger partial charge is 0.493 e. The topological polar surface area (TPSA) is 46.5 Å². The second-order valence-electron chi connectivity index (χ2n) is 5.52. The molecule has 0 amide bonds. The average Bonchev–Trinajstić information content (AvgIpc) is 2.53. The molecule has 0 bridgehead atoms. The minimum Gasteiger partial charge on any atom is -0.493 e. The fourth-order valence-corrected chi connectivity index (χ4v) is 2.52. The van der Waals surface area contributed by atoms with Gasteiger partial charge in [0, 0.05) is 5.56 Å². The molecule has 23 heavy (non-hydrogen) atoms. The smallest absolute Gasteiger partial charge is 0.311 e. The first-order valence-corrected chi connectivity index (χ1v) is 7.75. The Bertz CT molecular complexity index is 655. The predicted octanol–water partition coefficient (Wildman–Crippen LogP) is 4.55. The highest BCUT2D eigenvalue weighted by molar-refractivity contribution is 5.76. The van der Waals surface area contributed by atoms with Crippen LogP contribution in [-0.4, -0.2) is 17.7 Å². The van der Waals surface area contributed by atoms with Crippen LogP contribution in [0.4, 0.5) is 4.39 Å². The minimum absolute atomic E-state index is 0.250. The van der Waals surface area contributed by atoms with Crippen molar-refractivity contribution in [3.63, 3.8) is 0 Å². The number of aliphatic carboxylic acids is 1. The first-order chi connectivity index (χ1) is 11.1. The van der Waals surface area contributed by atoms with Crippen molar-refractivity contribution in [2.24, 2.45) is 0 Å². The van der Waals surface area contributed by atoms with Gasteiger partial charge in [0.2, 0.25) is 0 Å². The lowest BCUT2D eigenvalue weighted by atomic mass is 9.93. The van der Waals surface area contributed by atoms with E-state index in [-0.39, 0.29) is 5.56 Å². The van der Waals surface area contributed by atoms with Gasteiger partial charge in [0.25, 0.3) is 0 Å². The highest BCUT2D eigenvalue weighted by atomic mass is 19.1. The van der Waals surface area contributed by atoms with Crippen molar-refractivity contribution in [1.29, 1.82) is 0 Å². The van der Waals surface area contributed by atoms with E-state index in [1.165, 1.54) is 12.1 Å². The van der Waals surface area contributed by atoms with Crippen LogP contribution in [0.5, 0.6) is 5.75 Å². The van der Waals surface area contributed by atoms with Crippen LogP contribution in [0.3, 0.4) is 0 Å². The monoisotopic (exact) mass is 316 g/mol. The molecule has 2 rings (SSSR count). The first kappa shape index (κ1) is 17.0. The Balaban J connectivity index is 1.83. The van der Waals surface area contributed by atoms with Crippen molar-refractivity contribution in [2.45, 2.75) is 32.1 Å². The minimum atomic E-state index is -0.991. The number of para-hydroxylation sites is 1. The number of ether oxygens (including phenoxy) is 1. The van der Waals surface area contributed by atoms with Gasteiger partial charge in [-0.3, -0.25) is 4.79 Å². The number of aryl methyl sites for hydroxylation is 1. The molecule has 1 N–H and O–H groups in total. The number of hydrogen-bond acceptors (Lipinski definition) is 2. The zero-order chi connectivity index (χ0) is 16.7. The maximum absolute atomic E-state index is 13.8. The molecule has 0 spiro atoms. The van der Waals surface area contributed by atoms with Crippen LogP contribution in [0, 0.1) is 12.7 Å². The second-order valence-corrected chi connectivity index (χ2v) is 5.52. The molecule has 0 saturated heterocycles. The van der Waals surface area contributed by atoms with Crippen LogP contribution >= 0.6 is 0 Å². The fraction of sp³-hybridized carbons (Fsp3) is 0.316. The van der Waals surface area contributed by atoms with Crippen molar-refractivity contribution in [2.75, 3.05) is 6.61 Å². The molecule has 0 aliphatic rings. The fourth-order valence-electron chi connectivity index (χ4n) is 2.52. The molecule has 122 valence electrons. The van der Waals surface area contributed by atoms with Crippen molar-refractivity contribution in [1.82, 2.24) is 0 Å². The van der Waals surface area contributed by atoms with Gasteiger partial charge in [-0.25, -0.2) is 4.39 Å². The van der Waals surface area contributed by atoms with E-state index in [4.69, 9.17) is 4.74 Å². The summed E-state index contributed by atoms with van der Waals surface area (Å²) in [5, 5.41) is 9.32. The SMILES string of the molecule is Cc1ccccc1OCCCCC(C(=O)O)c1ccccc1F. The van der Waals surface area contributed by atoms with E-state index < -0.39 is 17.7 Å². The Hall–Kier alpha value is -2.36. The van der Waals surface area contributed by atoms with E-state index in [1.807, 2.05) is 31.2 Å². The molecule has 3 nitrogen and oxygen atoms in total. The number of carboxylic acids is 1. The number of carbonyl (C=O) groups is 1. The third-order valence-electron chi connectivity index (χ3n) is 3.82. The predicted molar refractivity (Wildman–Crippen MR) is 87.3 cm³/mol. The summed E-state index contributed by atoms with van der Waals surface area (Å²) in [6.07, 6.45) is 1.79. The number of halogens is 1. The lowest BCUT2D eigenvalue weighted by Gasteiger charge is -2.14. The van der Waals surface area contributed by atoms with Crippen molar-refractivity contribution in [3.8, 4) is 5.75 Å². The standard InChI is InChI=1S/C19H21FO3/c1-14-8-2-5-12-18(14)23-13-7-6-10-16(19(21)22)15-9-3-4-11-17(15)20/h2-5,8-9,11-12,16H,6-7,10,13H2,1H3,(H,21,22). The molecule has 4 heteroatoms. The third kappa shape index (κ3) is 4.81. The number of carboxylic acid groups (broad SMARTS) is 1. The highest BCUT2D eigenvalue weighted by Gasteiger charge is 2.22. The van der Waals surface area contributed by atoms with Gasteiger partial charge in [-0.15, -0.1) is 0 Å². The third-order valence-corrected chi connectivity index (χ3v) is 3.82. The number of rotatable bonds is 8. The number of benzene rings is 2. The quantitative estimate of drug-likeness (QED) is 0.727. The van der Waals surface area contributed by atoms with Gasteiger partial charge in [-0.1, -0.05) is 36.4 Å². The lowest BCUT2D eigenvalue weighted by Crippen LogP contribution is -2.13. The second kappa shape index (κ2) is 8.32. The van der Waals surface area contributed by atoms with Gasteiger partial charge < -0.3 is 9.84 Å². The molecular weight excluding hydrogens is 295 g/mol. The van der Waals surface area contributed by atoms with E-state index in [9.17, 15) is 14.3 Å². The summed E-state index contributed by atoms with van der Waals surface area (Å²) in [5.41, 5.74) is 1.32. The van der Waals surface area contributed by atoms with E-state index in [0.29, 0.717) is 19.4 Å². The first-order valence-electron chi connectivity index (χ1n) is 7.75. The summed E-state index contributed by atoms with van der Waals surface area (Å²) < 4.78 is 19.4. The van der Waals surface area contributed by atoms with Crippen molar-refractivity contribution < 1.29 is 19.0 Å². The maximum Gasteiger partial charge on any atom is 0.311 e. The molecule has 0 saturated carbocycles. The van der Waals surface area contributed by atoms with Gasteiger partial charge in [0.15, 0.2) is 0 Å². The molecule has 1 atom stereocenters. The molecule has 0 aliphatic carbocycles. The van der Waals surface area contributed by atoms with Crippen LogP contribution < -0.4 is 4.74 Å². The van der Waals surface area contributed by atoms with Gasteiger partial charge >= 0.3 is 5.97 Å². The molecule has 0 aromatic heterocycles. The van der Waals surface area contributed by atoms with Crippen LogP contribution in [0.25, 0.3) is 0 Å². The zero-order valence-electron chi connectivity index (χ0n) is 13.2. The Morgan fingerprint density at radius 3 is 2.52 bits per heavy atom. The molecular formula is C19H21FO3. The van der Waals surface area contributed by atoms with E-state index in [0.717, 1.165) is 17.7 Å². The maximum atomic E-state index is 13.8. The number of hydrogen-bond donors (Lipinski definition) is 1. The Labute approximate surface area is 135 Å². The Morgan fingerprint density at radius 1 is 1.13 bits per heavy atom. The summed E-state index contributed by atoms with van der Waals surface area (Å²) in [6.45, 7) is 2.50. The molecule has 2 aromatic carbocycles. The Kier molecular flexibility index (Phi) is 6.15. The normalized spacial score (nSPS) is 11.9. The van der Waals surface area contributed by atoms with E-state index in [1.54, 1.807) is 12.1 Å². The summed E-state index contributed by atoms with van der Waals surface area (Å²) in [4.78, 5) is 11.4. The summed E-state index contributed by atoms with van der Waals surface area (Å²) in [6, 6.07) is 13.8. The van der Waals surface area contributed by atoms with Crippen LogP contribution in [0.1, 0.15) is 36.3 Å². The summed E-state index contributed by atoms with van der Waals surface area (Å²) in [5.74, 6) is -1.42. The number of unbranched alkanes of at least 4 members (excludes halogenated alkanes) is 1. The molecule has 0 heterocycles.